The summed E-state index contributed by atoms with van der Waals surface area (Å²) >= 11 is 0. The maximum absolute atomic E-state index is 15.2. The van der Waals surface area contributed by atoms with Crippen LogP contribution in [0.2, 0.25) is 0 Å². The molecule has 1 aromatic carbocycles. The second-order valence-corrected chi connectivity index (χ2v) is 11.2. The zero-order valence-electron chi connectivity index (χ0n) is 23.9. The number of piperidine rings is 1. The molecule has 2 aliphatic rings. The zero-order valence-corrected chi connectivity index (χ0v) is 24.7. The number of nitrogens with zero attached hydrogens (tertiary/aromatic N) is 6. The first-order chi connectivity index (χ1) is 20.4. The molecule has 1 aliphatic heterocycles. The van der Waals surface area contributed by atoms with E-state index >= 15 is 4.39 Å². The van der Waals surface area contributed by atoms with Gasteiger partial charge in [0.15, 0.2) is 17.0 Å². The summed E-state index contributed by atoms with van der Waals surface area (Å²) in [5.74, 6) is -0.0297. The number of fused-ring (bicyclic) bond motifs is 1. The first kappa shape index (κ1) is 30.8. The smallest absolute Gasteiger partial charge is 0.193 e. The van der Waals surface area contributed by atoms with E-state index < -0.39 is 12.0 Å². The Morgan fingerprint density at radius 2 is 1.95 bits per heavy atom. The van der Waals surface area contributed by atoms with E-state index in [1.807, 2.05) is 34.7 Å². The van der Waals surface area contributed by atoms with Crippen LogP contribution in [0, 0.1) is 12.7 Å². The Bertz CT molecular complexity index is 1620. The molecular formula is C31H35ClF2N6O3. The fourth-order valence-corrected chi connectivity index (χ4v) is 5.83. The van der Waals surface area contributed by atoms with Gasteiger partial charge in [-0.1, -0.05) is 0 Å². The second kappa shape index (κ2) is 13.3. The van der Waals surface area contributed by atoms with Gasteiger partial charge in [0.1, 0.15) is 18.6 Å². The van der Waals surface area contributed by atoms with Gasteiger partial charge in [0, 0.05) is 79.2 Å². The molecule has 43 heavy (non-hydrogen) atoms. The predicted molar refractivity (Wildman–Crippen MR) is 162 cm³/mol. The van der Waals surface area contributed by atoms with Gasteiger partial charge in [-0.15, -0.1) is 12.4 Å². The van der Waals surface area contributed by atoms with Crippen LogP contribution in [-0.2, 0) is 13.1 Å². The number of alkyl halides is 1. The third kappa shape index (κ3) is 6.95. The van der Waals surface area contributed by atoms with E-state index in [4.69, 9.17) is 9.84 Å². The number of ether oxygens (including phenoxy) is 1. The van der Waals surface area contributed by atoms with E-state index in [2.05, 4.69) is 19.9 Å². The van der Waals surface area contributed by atoms with Crippen molar-refractivity contribution in [1.82, 2.24) is 24.4 Å². The number of aliphatic hydroxyl groups is 1. The van der Waals surface area contributed by atoms with Crippen molar-refractivity contribution in [3.8, 4) is 5.75 Å². The first-order valence-electron chi connectivity index (χ1n) is 14.3. The summed E-state index contributed by atoms with van der Waals surface area (Å²) < 4.78 is 37.7. The summed E-state index contributed by atoms with van der Waals surface area (Å²) in [6.07, 6.45) is 9.59. The Balaban J connectivity index is 0.00000368. The Kier molecular flexibility index (Phi) is 9.53. The van der Waals surface area contributed by atoms with Crippen LogP contribution in [0.25, 0.3) is 10.9 Å². The Morgan fingerprint density at radius 3 is 2.67 bits per heavy atom. The molecule has 228 valence electrons. The molecule has 0 bridgehead atoms. The SMILES string of the molecule is Cc1cc(CN(Cc2cn(C3CC3)c3cc(OCCO)c(F)cc3c2=O)[C@H]2C[C@H](F)CN(c3cnccn3)C2)ccn1.Cl. The van der Waals surface area contributed by atoms with Crippen LogP contribution in [0.4, 0.5) is 14.6 Å². The Morgan fingerprint density at radius 1 is 1.12 bits per heavy atom. The van der Waals surface area contributed by atoms with Crippen molar-refractivity contribution in [3.05, 3.63) is 88.1 Å². The van der Waals surface area contributed by atoms with Crippen LogP contribution in [0.5, 0.6) is 5.75 Å². The highest BCUT2D eigenvalue weighted by atomic mass is 35.5. The lowest BCUT2D eigenvalue weighted by molar-refractivity contribution is 0.120. The average Bonchev–Trinajstić information content (AvgIpc) is 3.83. The molecule has 0 radical (unpaired) electrons. The van der Waals surface area contributed by atoms with Crippen molar-refractivity contribution < 1.29 is 18.6 Å². The maximum Gasteiger partial charge on any atom is 0.193 e. The number of hydrogen-bond donors (Lipinski definition) is 1. The molecule has 4 aromatic rings. The summed E-state index contributed by atoms with van der Waals surface area (Å²) in [6.45, 7) is 3.13. The normalized spacial score (nSPS) is 18.6. The highest BCUT2D eigenvalue weighted by Crippen LogP contribution is 2.38. The van der Waals surface area contributed by atoms with Gasteiger partial charge in [-0.3, -0.25) is 19.7 Å². The van der Waals surface area contributed by atoms with Crippen LogP contribution in [0.3, 0.4) is 0 Å². The fourth-order valence-electron chi connectivity index (χ4n) is 5.83. The van der Waals surface area contributed by atoms with E-state index in [9.17, 15) is 9.18 Å². The molecule has 1 aliphatic carbocycles. The van der Waals surface area contributed by atoms with Crippen LogP contribution in [0.1, 0.15) is 42.1 Å². The lowest BCUT2D eigenvalue weighted by Gasteiger charge is -2.41. The number of halogens is 3. The van der Waals surface area contributed by atoms with Gasteiger partial charge in [0.25, 0.3) is 0 Å². The van der Waals surface area contributed by atoms with Gasteiger partial charge in [-0.05, 0) is 49.9 Å². The molecule has 4 heterocycles. The number of benzene rings is 1. The Hall–Kier alpha value is -3.67. The summed E-state index contributed by atoms with van der Waals surface area (Å²) in [5, 5.41) is 9.41. The third-order valence-electron chi connectivity index (χ3n) is 7.94. The number of aryl methyl sites for hydroxylation is 1. The molecular weight excluding hydrogens is 578 g/mol. The minimum absolute atomic E-state index is 0. The minimum atomic E-state index is -1.08. The fraction of sp³-hybridized carbons (Fsp3) is 0.419. The van der Waals surface area contributed by atoms with E-state index in [1.165, 1.54) is 6.07 Å². The highest BCUT2D eigenvalue weighted by molar-refractivity contribution is 5.85. The van der Waals surface area contributed by atoms with Crippen molar-refractivity contribution in [2.75, 3.05) is 31.2 Å². The van der Waals surface area contributed by atoms with Gasteiger partial charge in [0.2, 0.25) is 0 Å². The molecule has 1 N–H and O–H groups in total. The third-order valence-corrected chi connectivity index (χ3v) is 7.94. The van der Waals surface area contributed by atoms with Gasteiger partial charge in [-0.2, -0.15) is 0 Å². The summed E-state index contributed by atoms with van der Waals surface area (Å²) in [6, 6.07) is 6.69. The summed E-state index contributed by atoms with van der Waals surface area (Å²) in [7, 11) is 0. The molecule has 1 saturated carbocycles. The van der Waals surface area contributed by atoms with Crippen LogP contribution < -0.4 is 15.1 Å². The van der Waals surface area contributed by atoms with E-state index in [0.717, 1.165) is 24.1 Å². The van der Waals surface area contributed by atoms with Crippen molar-refractivity contribution >= 4 is 29.1 Å². The number of rotatable bonds is 10. The molecule has 0 unspecified atom stereocenters. The van der Waals surface area contributed by atoms with E-state index in [1.54, 1.807) is 30.9 Å². The quantitative estimate of drug-likeness (QED) is 0.282. The highest BCUT2D eigenvalue weighted by Gasteiger charge is 2.33. The maximum atomic E-state index is 15.2. The molecule has 3 aromatic heterocycles. The van der Waals surface area contributed by atoms with Crippen molar-refractivity contribution in [2.24, 2.45) is 0 Å². The van der Waals surface area contributed by atoms with E-state index in [-0.39, 0.29) is 67.4 Å². The minimum Gasteiger partial charge on any atom is -0.488 e. The Labute approximate surface area is 254 Å². The molecule has 9 nitrogen and oxygen atoms in total. The first-order valence-corrected chi connectivity index (χ1v) is 14.3. The molecule has 12 heteroatoms. The average molecular weight is 613 g/mol. The van der Waals surface area contributed by atoms with Crippen molar-refractivity contribution in [3.63, 3.8) is 0 Å². The lowest BCUT2D eigenvalue weighted by Crippen LogP contribution is -2.52. The number of aromatic nitrogens is 4. The van der Waals surface area contributed by atoms with Gasteiger partial charge in [0.05, 0.1) is 24.9 Å². The standard InChI is InChI=1S/C31H34F2N6O3.ClH/c1-20-10-21(4-5-35-20)15-37(25-11-23(32)18-38(19-25)30-14-34-6-7-36-30)16-22-17-39(24-2-3-24)28-13-29(42-9-8-40)27(33)12-26(28)31(22)41;/h4-7,10,12-14,17,23-25,40H,2-3,8-9,11,15-16,18-19H2,1H3;1H/t23-,25-;/m0./s1. The van der Waals surface area contributed by atoms with Gasteiger partial charge >= 0.3 is 0 Å². The van der Waals surface area contributed by atoms with Crippen molar-refractivity contribution in [2.45, 2.75) is 57.5 Å². The topological polar surface area (TPSA) is 96.6 Å². The van der Waals surface area contributed by atoms with Crippen molar-refractivity contribution in [1.29, 1.82) is 0 Å². The van der Waals surface area contributed by atoms with Gasteiger partial charge < -0.3 is 19.3 Å². The predicted octanol–water partition coefficient (Wildman–Crippen LogP) is 4.38. The summed E-state index contributed by atoms with van der Waals surface area (Å²) in [4.78, 5) is 30.8. The van der Waals surface area contributed by atoms with Crippen LogP contribution in [0.15, 0.2) is 60.0 Å². The number of pyridine rings is 2. The summed E-state index contributed by atoms with van der Waals surface area (Å²) in [5.41, 5.74) is 2.75. The van der Waals surface area contributed by atoms with E-state index in [0.29, 0.717) is 36.4 Å². The van der Waals surface area contributed by atoms with Gasteiger partial charge in [-0.25, -0.2) is 13.8 Å². The molecule has 0 amide bonds. The monoisotopic (exact) mass is 612 g/mol. The molecule has 2 fully saturated rings. The molecule has 6 rings (SSSR count). The second-order valence-electron chi connectivity index (χ2n) is 11.2. The molecule has 0 spiro atoms. The molecule has 2 atom stereocenters. The largest absolute Gasteiger partial charge is 0.488 e. The number of anilines is 1. The zero-order chi connectivity index (χ0) is 29.2. The lowest BCUT2D eigenvalue weighted by atomic mass is 10.0. The number of aliphatic hydroxyl groups excluding tert-OH is 1. The van der Waals surface area contributed by atoms with Crippen LogP contribution in [-0.4, -0.2) is 68.0 Å². The van der Waals surface area contributed by atoms with Crippen LogP contribution >= 0.6 is 12.4 Å². The molecule has 1 saturated heterocycles. The number of hydrogen-bond acceptors (Lipinski definition) is 8.